The molecule has 2 saturated heterocycles. The predicted molar refractivity (Wildman–Crippen MR) is 131 cm³/mol. The van der Waals surface area contributed by atoms with E-state index in [1.54, 1.807) is 0 Å². The van der Waals surface area contributed by atoms with E-state index in [4.69, 9.17) is 4.74 Å². The predicted octanol–water partition coefficient (Wildman–Crippen LogP) is 4.31. The molecule has 11 heteroatoms. The molecule has 0 radical (unpaired) electrons. The second-order valence-corrected chi connectivity index (χ2v) is 10.8. The van der Waals surface area contributed by atoms with Crippen LogP contribution in [0.2, 0.25) is 0 Å². The van der Waals surface area contributed by atoms with Crippen LogP contribution in [-0.4, -0.2) is 82.4 Å². The van der Waals surface area contributed by atoms with Crippen molar-refractivity contribution in [3.8, 4) is 17.1 Å². The first-order chi connectivity index (χ1) is 18.1. The number of hydrogen-bond donors (Lipinski definition) is 1. The highest BCUT2D eigenvalue weighted by Gasteiger charge is 2.58. The Hall–Kier alpha value is -2.79. The number of rotatable bonds is 7. The second-order valence-electron chi connectivity index (χ2n) is 10.8. The Morgan fingerprint density at radius 3 is 2.42 bits per heavy atom. The van der Waals surface area contributed by atoms with E-state index >= 15 is 0 Å². The van der Waals surface area contributed by atoms with Crippen molar-refractivity contribution >= 4 is 5.91 Å². The summed E-state index contributed by atoms with van der Waals surface area (Å²) in [6.07, 6.45) is 1.25. The van der Waals surface area contributed by atoms with Crippen LogP contribution in [0.4, 0.5) is 17.6 Å². The minimum Gasteiger partial charge on any atom is -0.476 e. The van der Waals surface area contributed by atoms with Gasteiger partial charge in [0.1, 0.15) is 5.82 Å². The van der Waals surface area contributed by atoms with Gasteiger partial charge in [0.15, 0.2) is 0 Å². The third-order valence-electron chi connectivity index (χ3n) is 8.18. The number of benzene rings is 1. The maximum atomic E-state index is 14.8. The molecule has 206 valence electrons. The SMILES string of the molecule is O=C(c1ccc(-c2cnc(OCC3CCN(CC4(C(F)(F)F)CCC4)CC3)cn2)c(F)c1)N1CC[C@H](O)C1. The van der Waals surface area contributed by atoms with E-state index < -0.39 is 23.5 Å². The number of alkyl halides is 3. The maximum Gasteiger partial charge on any atom is 0.395 e. The molecule has 1 amide bonds. The van der Waals surface area contributed by atoms with Gasteiger partial charge >= 0.3 is 6.18 Å². The van der Waals surface area contributed by atoms with Crippen LogP contribution < -0.4 is 4.74 Å². The van der Waals surface area contributed by atoms with Gasteiger partial charge in [-0.1, -0.05) is 6.42 Å². The lowest BCUT2D eigenvalue weighted by atomic mass is 9.67. The van der Waals surface area contributed by atoms with Crippen LogP contribution in [0.25, 0.3) is 11.3 Å². The number of amides is 1. The third kappa shape index (κ3) is 5.63. The Bertz CT molecular complexity index is 1130. The van der Waals surface area contributed by atoms with Gasteiger partial charge in [0.05, 0.1) is 36.2 Å². The van der Waals surface area contributed by atoms with Gasteiger partial charge in [-0.15, -0.1) is 0 Å². The Morgan fingerprint density at radius 1 is 1.11 bits per heavy atom. The monoisotopic (exact) mass is 536 g/mol. The van der Waals surface area contributed by atoms with Gasteiger partial charge in [0.2, 0.25) is 5.88 Å². The lowest BCUT2D eigenvalue weighted by Crippen LogP contribution is -2.53. The zero-order chi connectivity index (χ0) is 26.9. The molecule has 0 bridgehead atoms. The zero-order valence-electron chi connectivity index (χ0n) is 21.1. The molecule has 3 aliphatic rings. The minimum atomic E-state index is -4.14. The number of hydrogen-bond acceptors (Lipinski definition) is 6. The number of carbonyl (C=O) groups is 1. The normalized spacial score (nSPS) is 22.3. The van der Waals surface area contributed by atoms with Crippen LogP contribution in [0.1, 0.15) is 48.9 Å². The number of aliphatic hydroxyl groups excluding tert-OH is 1. The highest BCUT2D eigenvalue weighted by molar-refractivity contribution is 5.95. The van der Waals surface area contributed by atoms with Crippen LogP contribution in [-0.2, 0) is 0 Å². The van der Waals surface area contributed by atoms with E-state index in [2.05, 4.69) is 9.97 Å². The summed E-state index contributed by atoms with van der Waals surface area (Å²) < 4.78 is 61.0. The molecule has 0 spiro atoms. The first-order valence-electron chi connectivity index (χ1n) is 13.1. The van der Waals surface area contributed by atoms with Crippen molar-refractivity contribution < 1.29 is 32.2 Å². The molecular formula is C27H32F4N4O3. The van der Waals surface area contributed by atoms with E-state index in [0.717, 1.165) is 12.8 Å². The van der Waals surface area contributed by atoms with Crippen LogP contribution >= 0.6 is 0 Å². The summed E-state index contributed by atoms with van der Waals surface area (Å²) in [6, 6.07) is 4.19. The Balaban J connectivity index is 1.11. The summed E-state index contributed by atoms with van der Waals surface area (Å²) in [4.78, 5) is 24.4. The number of halogens is 4. The fourth-order valence-electron chi connectivity index (χ4n) is 5.57. The molecule has 1 atom stereocenters. The molecule has 1 aromatic carbocycles. The van der Waals surface area contributed by atoms with E-state index in [0.29, 0.717) is 50.7 Å². The van der Waals surface area contributed by atoms with Crippen LogP contribution in [0.3, 0.4) is 0 Å². The van der Waals surface area contributed by atoms with Gasteiger partial charge < -0.3 is 19.6 Å². The molecule has 1 aromatic heterocycles. The van der Waals surface area contributed by atoms with Crippen molar-refractivity contribution in [3.63, 3.8) is 0 Å². The summed E-state index contributed by atoms with van der Waals surface area (Å²) in [7, 11) is 0. The summed E-state index contributed by atoms with van der Waals surface area (Å²) >= 11 is 0. The highest BCUT2D eigenvalue weighted by atomic mass is 19.4. The number of aliphatic hydroxyl groups is 1. The van der Waals surface area contributed by atoms with E-state index in [1.165, 1.54) is 35.5 Å². The van der Waals surface area contributed by atoms with E-state index in [-0.39, 0.29) is 48.9 Å². The highest BCUT2D eigenvalue weighted by Crippen LogP contribution is 2.53. The van der Waals surface area contributed by atoms with Gasteiger partial charge in [-0.3, -0.25) is 4.79 Å². The lowest BCUT2D eigenvalue weighted by Gasteiger charge is -2.47. The van der Waals surface area contributed by atoms with E-state index in [1.807, 2.05) is 4.90 Å². The zero-order valence-corrected chi connectivity index (χ0v) is 21.1. The summed E-state index contributed by atoms with van der Waals surface area (Å²) in [5, 5.41) is 9.63. The molecule has 1 saturated carbocycles. The standard InChI is InChI=1S/C27H32F4N4O3/c28-22-12-19(25(37)35-11-6-20(36)15-35)2-3-21(22)23-13-33-24(14-32-23)38-16-18-4-9-34(10-5-18)17-26(7-1-8-26)27(29,30)31/h2-3,12-14,18,20,36H,1,4-11,15-17H2/t20-/m0/s1. The largest absolute Gasteiger partial charge is 0.476 e. The number of aromatic nitrogens is 2. The molecule has 7 nitrogen and oxygen atoms in total. The fraction of sp³-hybridized carbons (Fsp3) is 0.593. The van der Waals surface area contributed by atoms with Crippen molar-refractivity contribution in [2.24, 2.45) is 11.3 Å². The molecule has 2 aliphatic heterocycles. The summed E-state index contributed by atoms with van der Waals surface area (Å²) in [5.41, 5.74) is -0.813. The summed E-state index contributed by atoms with van der Waals surface area (Å²) in [5.74, 6) is -0.410. The Morgan fingerprint density at radius 2 is 1.87 bits per heavy atom. The van der Waals surface area contributed by atoms with Gasteiger partial charge in [-0.05, 0) is 69.3 Å². The molecule has 1 N–H and O–H groups in total. The Labute approximate surface area is 218 Å². The Kier molecular flexibility index (Phi) is 7.59. The first-order valence-corrected chi connectivity index (χ1v) is 13.1. The van der Waals surface area contributed by atoms with Crippen LogP contribution in [0.5, 0.6) is 5.88 Å². The average molecular weight is 537 g/mol. The lowest BCUT2D eigenvalue weighted by molar-refractivity contribution is -0.256. The number of likely N-dealkylation sites (tertiary alicyclic amines) is 2. The smallest absolute Gasteiger partial charge is 0.395 e. The molecule has 5 rings (SSSR count). The second kappa shape index (κ2) is 10.8. The number of nitrogens with zero attached hydrogens (tertiary/aromatic N) is 4. The van der Waals surface area contributed by atoms with Gasteiger partial charge in [-0.25, -0.2) is 14.4 Å². The minimum absolute atomic E-state index is 0.0874. The molecule has 38 heavy (non-hydrogen) atoms. The quantitative estimate of drug-likeness (QED) is 0.532. The molecule has 2 aromatic rings. The van der Waals surface area contributed by atoms with Crippen LogP contribution in [0, 0.1) is 17.2 Å². The first kappa shape index (κ1) is 26.8. The third-order valence-corrected chi connectivity index (χ3v) is 8.18. The number of β-amino-alcohol motifs (C(OH)–C–C–N with tert-alkyl or cyclic N) is 1. The number of piperidine rings is 1. The van der Waals surface area contributed by atoms with Crippen LogP contribution in [0.15, 0.2) is 30.6 Å². The van der Waals surface area contributed by atoms with Crippen molar-refractivity contribution in [1.29, 1.82) is 0 Å². The molecule has 1 aliphatic carbocycles. The van der Waals surface area contributed by atoms with Gasteiger partial charge in [0, 0.05) is 30.8 Å². The summed E-state index contributed by atoms with van der Waals surface area (Å²) in [6.45, 7) is 2.40. The van der Waals surface area contributed by atoms with Crippen molar-refractivity contribution in [2.45, 2.75) is 50.8 Å². The molecule has 0 unspecified atom stereocenters. The van der Waals surface area contributed by atoms with Crippen molar-refractivity contribution in [1.82, 2.24) is 19.8 Å². The molecule has 3 fully saturated rings. The van der Waals surface area contributed by atoms with Crippen molar-refractivity contribution in [2.75, 3.05) is 39.3 Å². The number of ether oxygens (including phenoxy) is 1. The van der Waals surface area contributed by atoms with Gasteiger partial charge in [0.25, 0.3) is 5.91 Å². The molecule has 3 heterocycles. The average Bonchev–Trinajstić information content (AvgIpc) is 3.31. The number of carbonyl (C=O) groups excluding carboxylic acids is 1. The van der Waals surface area contributed by atoms with Gasteiger partial charge in [-0.2, -0.15) is 13.2 Å². The topological polar surface area (TPSA) is 78.8 Å². The maximum absolute atomic E-state index is 14.8. The molecular weight excluding hydrogens is 504 g/mol. The van der Waals surface area contributed by atoms with Crippen molar-refractivity contribution in [3.05, 3.63) is 42.0 Å². The van der Waals surface area contributed by atoms with E-state index in [9.17, 15) is 27.5 Å². The fourth-order valence-corrected chi connectivity index (χ4v) is 5.57.